The van der Waals surface area contributed by atoms with E-state index in [2.05, 4.69) is 0 Å². The van der Waals surface area contributed by atoms with Crippen LogP contribution in [0.4, 0.5) is 20.6 Å². The molecule has 0 atom stereocenters. The molecule has 2 saturated heterocycles. The van der Waals surface area contributed by atoms with Crippen LogP contribution in [-0.4, -0.2) is 42.1 Å². The predicted molar refractivity (Wildman–Crippen MR) is 97.3 cm³/mol. The van der Waals surface area contributed by atoms with Crippen molar-refractivity contribution in [2.45, 2.75) is 45.6 Å². The molecule has 0 unspecified atom stereocenters. The Kier molecular flexibility index (Phi) is 4.58. The molecule has 6 nitrogen and oxygen atoms in total. The van der Waals surface area contributed by atoms with Crippen LogP contribution in [0.1, 0.15) is 40.0 Å². The summed E-state index contributed by atoms with van der Waals surface area (Å²) in [4.78, 5) is 28.1. The lowest BCUT2D eigenvalue weighted by molar-refractivity contribution is -0.118. The third-order valence-electron chi connectivity index (χ3n) is 5.09. The first-order chi connectivity index (χ1) is 12.1. The molecule has 3 rings (SSSR count). The van der Waals surface area contributed by atoms with E-state index in [9.17, 15) is 14.0 Å². The molecule has 0 aromatic heterocycles. The van der Waals surface area contributed by atoms with Gasteiger partial charge in [-0.2, -0.15) is 0 Å². The van der Waals surface area contributed by atoms with Crippen molar-refractivity contribution in [1.29, 1.82) is 0 Å². The Morgan fingerprint density at radius 1 is 1.27 bits per heavy atom. The van der Waals surface area contributed by atoms with Gasteiger partial charge in [-0.3, -0.25) is 4.79 Å². The third-order valence-corrected chi connectivity index (χ3v) is 5.09. The summed E-state index contributed by atoms with van der Waals surface area (Å²) in [5, 5.41) is 0. The maximum Gasteiger partial charge on any atom is 0.410 e. The van der Waals surface area contributed by atoms with E-state index < -0.39 is 11.4 Å². The van der Waals surface area contributed by atoms with Crippen molar-refractivity contribution < 1.29 is 18.7 Å². The first-order valence-electron chi connectivity index (χ1n) is 8.92. The van der Waals surface area contributed by atoms with Gasteiger partial charge in [0.15, 0.2) is 0 Å². The number of likely N-dealkylation sites (tertiary alicyclic amines) is 1. The number of nitrogens with two attached hydrogens (primary N) is 1. The normalized spacial score (nSPS) is 19.9. The van der Waals surface area contributed by atoms with Gasteiger partial charge in [0.2, 0.25) is 5.91 Å². The van der Waals surface area contributed by atoms with Gasteiger partial charge >= 0.3 is 6.09 Å². The van der Waals surface area contributed by atoms with E-state index in [1.54, 1.807) is 15.9 Å². The summed E-state index contributed by atoms with van der Waals surface area (Å²) in [5.41, 5.74) is 5.43. The highest BCUT2D eigenvalue weighted by Crippen LogP contribution is 2.43. The van der Waals surface area contributed by atoms with Crippen molar-refractivity contribution in [2.75, 3.05) is 30.3 Å². The highest BCUT2D eigenvalue weighted by atomic mass is 19.1. The van der Waals surface area contributed by atoms with E-state index in [0.717, 1.165) is 12.8 Å². The quantitative estimate of drug-likeness (QED) is 0.778. The van der Waals surface area contributed by atoms with E-state index in [1.807, 2.05) is 20.8 Å². The summed E-state index contributed by atoms with van der Waals surface area (Å²) in [5.74, 6) is -0.532. The second-order valence-corrected chi connectivity index (χ2v) is 8.33. The lowest BCUT2D eigenvalue weighted by Gasteiger charge is -2.39. The molecule has 2 amide bonds. The van der Waals surface area contributed by atoms with Gasteiger partial charge in [0.25, 0.3) is 0 Å². The minimum absolute atomic E-state index is 0.0140. The molecule has 142 valence electrons. The Morgan fingerprint density at radius 3 is 2.50 bits per heavy atom. The minimum atomic E-state index is -0.522. The van der Waals surface area contributed by atoms with Crippen molar-refractivity contribution in [1.82, 2.24) is 4.90 Å². The SMILES string of the molecule is CC(C)(C)OC(=O)N1CCC2(CC1)CC(=O)N(c1ccc(N)c(F)c1)C2. The Bertz CT molecular complexity index is 721. The fourth-order valence-corrected chi connectivity index (χ4v) is 3.64. The summed E-state index contributed by atoms with van der Waals surface area (Å²) in [6.45, 7) is 7.19. The molecule has 2 aliphatic heterocycles. The molecule has 0 saturated carbocycles. The highest BCUT2D eigenvalue weighted by Gasteiger charge is 2.46. The maximum absolute atomic E-state index is 13.7. The summed E-state index contributed by atoms with van der Waals surface area (Å²) < 4.78 is 19.2. The highest BCUT2D eigenvalue weighted by molar-refractivity contribution is 5.96. The fraction of sp³-hybridized carbons (Fsp3) is 0.579. The van der Waals surface area contributed by atoms with Gasteiger partial charge in [0, 0.05) is 37.2 Å². The van der Waals surface area contributed by atoms with Crippen LogP contribution >= 0.6 is 0 Å². The van der Waals surface area contributed by atoms with Crippen molar-refractivity contribution in [3.8, 4) is 0 Å². The largest absolute Gasteiger partial charge is 0.444 e. The number of carbonyl (C=O) groups excluding carboxylic acids is 2. The predicted octanol–water partition coefficient (Wildman–Crippen LogP) is 3.16. The number of hydrogen-bond acceptors (Lipinski definition) is 4. The number of benzene rings is 1. The number of halogens is 1. The lowest BCUT2D eigenvalue weighted by atomic mass is 9.78. The molecule has 0 bridgehead atoms. The fourth-order valence-electron chi connectivity index (χ4n) is 3.64. The third kappa shape index (κ3) is 3.76. The minimum Gasteiger partial charge on any atom is -0.444 e. The van der Waals surface area contributed by atoms with Gasteiger partial charge < -0.3 is 20.3 Å². The smallest absolute Gasteiger partial charge is 0.410 e. The van der Waals surface area contributed by atoms with Gasteiger partial charge in [-0.05, 0) is 51.8 Å². The van der Waals surface area contributed by atoms with E-state index in [-0.39, 0.29) is 23.1 Å². The van der Waals surface area contributed by atoms with Crippen LogP contribution < -0.4 is 10.6 Å². The number of nitrogen functional groups attached to an aromatic ring is 1. The Morgan fingerprint density at radius 2 is 1.92 bits per heavy atom. The first kappa shape index (κ1) is 18.5. The average molecular weight is 363 g/mol. The van der Waals surface area contributed by atoms with Crippen LogP contribution in [0.15, 0.2) is 18.2 Å². The first-order valence-corrected chi connectivity index (χ1v) is 8.92. The molecule has 26 heavy (non-hydrogen) atoms. The van der Waals surface area contributed by atoms with E-state index in [1.165, 1.54) is 12.1 Å². The lowest BCUT2D eigenvalue weighted by Crippen LogP contribution is -2.46. The molecule has 1 spiro atoms. The summed E-state index contributed by atoms with van der Waals surface area (Å²) in [6, 6.07) is 4.46. The van der Waals surface area contributed by atoms with Crippen LogP contribution in [0.5, 0.6) is 0 Å². The van der Waals surface area contributed by atoms with E-state index in [4.69, 9.17) is 10.5 Å². The number of amides is 2. The summed E-state index contributed by atoms with van der Waals surface area (Å²) >= 11 is 0. The van der Waals surface area contributed by atoms with Crippen LogP contribution in [-0.2, 0) is 9.53 Å². The topological polar surface area (TPSA) is 75.9 Å². The van der Waals surface area contributed by atoms with Crippen molar-refractivity contribution in [3.05, 3.63) is 24.0 Å². The van der Waals surface area contributed by atoms with Gasteiger partial charge in [0.1, 0.15) is 11.4 Å². The van der Waals surface area contributed by atoms with Gasteiger partial charge in [-0.25, -0.2) is 9.18 Å². The number of rotatable bonds is 1. The second kappa shape index (κ2) is 6.45. The second-order valence-electron chi connectivity index (χ2n) is 8.33. The zero-order chi connectivity index (χ0) is 19.1. The van der Waals surface area contributed by atoms with Crippen LogP contribution in [0.2, 0.25) is 0 Å². The zero-order valence-electron chi connectivity index (χ0n) is 15.5. The zero-order valence-corrected chi connectivity index (χ0v) is 15.5. The molecule has 2 N–H and O–H groups in total. The van der Waals surface area contributed by atoms with Crippen LogP contribution in [0, 0.1) is 11.2 Å². The van der Waals surface area contributed by atoms with Crippen molar-refractivity contribution >= 4 is 23.4 Å². The monoisotopic (exact) mass is 363 g/mol. The molecular weight excluding hydrogens is 337 g/mol. The number of ether oxygens (including phenoxy) is 1. The Balaban J connectivity index is 1.65. The molecule has 1 aromatic carbocycles. The van der Waals surface area contributed by atoms with E-state index >= 15 is 0 Å². The summed E-state index contributed by atoms with van der Waals surface area (Å²) in [7, 11) is 0. The molecule has 2 aliphatic rings. The number of nitrogens with zero attached hydrogens (tertiary/aromatic N) is 2. The molecule has 2 heterocycles. The standard InChI is InChI=1S/C19H26FN3O3/c1-18(2,3)26-17(25)22-8-6-19(7-9-22)11-16(24)23(12-19)13-4-5-15(21)14(20)10-13/h4-5,10H,6-9,11-12,21H2,1-3H3. The van der Waals surface area contributed by atoms with Gasteiger partial charge in [0.05, 0.1) is 5.69 Å². The van der Waals surface area contributed by atoms with Gasteiger partial charge in [-0.1, -0.05) is 0 Å². The average Bonchev–Trinajstić information content (AvgIpc) is 2.85. The van der Waals surface area contributed by atoms with Crippen molar-refractivity contribution in [2.24, 2.45) is 5.41 Å². The molecule has 1 aromatic rings. The Hall–Kier alpha value is -2.31. The van der Waals surface area contributed by atoms with Crippen LogP contribution in [0.25, 0.3) is 0 Å². The number of piperidine rings is 1. The van der Waals surface area contributed by atoms with Crippen molar-refractivity contribution in [3.63, 3.8) is 0 Å². The molecule has 0 radical (unpaired) electrons. The maximum atomic E-state index is 13.7. The molecule has 2 fully saturated rings. The molecular formula is C19H26FN3O3. The Labute approximate surface area is 153 Å². The number of hydrogen-bond donors (Lipinski definition) is 1. The summed E-state index contributed by atoms with van der Waals surface area (Å²) in [6.07, 6.45) is 1.56. The molecule has 7 heteroatoms. The van der Waals surface area contributed by atoms with E-state index in [0.29, 0.717) is 31.7 Å². The van der Waals surface area contributed by atoms with Crippen LogP contribution in [0.3, 0.4) is 0 Å². The number of anilines is 2. The molecule has 0 aliphatic carbocycles. The van der Waals surface area contributed by atoms with Gasteiger partial charge in [-0.15, -0.1) is 0 Å². The number of carbonyl (C=O) groups is 2.